The first kappa shape index (κ1) is 15.0. The third kappa shape index (κ3) is 3.37. The molecule has 2 rings (SSSR count). The summed E-state index contributed by atoms with van der Waals surface area (Å²) < 4.78 is 0. The van der Waals surface area contributed by atoms with E-state index in [0.717, 1.165) is 0 Å². The third-order valence-electron chi connectivity index (χ3n) is 2.75. The molecule has 22 heavy (non-hydrogen) atoms. The maximum absolute atomic E-state index is 12.0. The number of primary amides is 1. The van der Waals surface area contributed by atoms with Crippen LogP contribution < -0.4 is 16.4 Å². The van der Waals surface area contributed by atoms with Crippen LogP contribution in [0.15, 0.2) is 36.5 Å². The van der Waals surface area contributed by atoms with Crippen molar-refractivity contribution in [3.63, 3.8) is 0 Å². The van der Waals surface area contributed by atoms with Crippen LogP contribution in [0.4, 0.5) is 11.4 Å². The van der Waals surface area contributed by atoms with Crippen LogP contribution >= 0.6 is 0 Å². The zero-order chi connectivity index (χ0) is 16.1. The molecule has 2 aromatic rings. The van der Waals surface area contributed by atoms with E-state index in [1.165, 1.54) is 36.5 Å². The zero-order valence-electron chi connectivity index (χ0n) is 11.2. The lowest BCUT2D eigenvalue weighted by Crippen LogP contribution is -2.16. The molecule has 5 N–H and O–H groups in total. The van der Waals surface area contributed by atoms with E-state index in [0.29, 0.717) is 12.1 Å². The van der Waals surface area contributed by atoms with Gasteiger partial charge in [0.25, 0.3) is 5.91 Å². The number of carbonyl (C=O) groups excluding carboxylic acids is 3. The monoisotopic (exact) mass is 300 g/mol. The summed E-state index contributed by atoms with van der Waals surface area (Å²) in [6, 6.07) is 6.89. The van der Waals surface area contributed by atoms with Gasteiger partial charge in [0, 0.05) is 11.9 Å². The number of aromatic nitrogens is 1. The van der Waals surface area contributed by atoms with Crippen molar-refractivity contribution in [1.29, 1.82) is 0 Å². The molecule has 112 valence electrons. The maximum Gasteiger partial charge on any atom is 0.274 e. The van der Waals surface area contributed by atoms with E-state index >= 15 is 0 Å². The molecule has 8 nitrogen and oxygen atoms in total. The van der Waals surface area contributed by atoms with Crippen LogP contribution in [0.1, 0.15) is 20.8 Å². The molecule has 0 aliphatic heterocycles. The summed E-state index contributed by atoms with van der Waals surface area (Å²) in [6.07, 6.45) is 1.66. The van der Waals surface area contributed by atoms with E-state index in [-0.39, 0.29) is 22.7 Å². The minimum Gasteiger partial charge on any atom is -0.506 e. The van der Waals surface area contributed by atoms with Gasteiger partial charge in [0.2, 0.25) is 12.3 Å². The summed E-state index contributed by atoms with van der Waals surface area (Å²) in [5.74, 6) is -1.40. The van der Waals surface area contributed by atoms with E-state index in [1.54, 1.807) is 0 Å². The van der Waals surface area contributed by atoms with Crippen molar-refractivity contribution in [3.05, 3.63) is 47.8 Å². The second kappa shape index (κ2) is 6.35. The van der Waals surface area contributed by atoms with Gasteiger partial charge in [0.15, 0.2) is 0 Å². The summed E-state index contributed by atoms with van der Waals surface area (Å²) in [7, 11) is 0. The standard InChI is InChI=1S/C14H12N4O4/c15-13(21)8-1-3-10(16-6-8)14(22)18-11-5-9(17-7-19)2-4-12(11)20/h1-7,20H,(H2,15,21)(H,17,19)(H,18,22). The maximum atomic E-state index is 12.0. The van der Waals surface area contributed by atoms with Gasteiger partial charge in [-0.1, -0.05) is 0 Å². The molecule has 0 bridgehead atoms. The SMILES string of the molecule is NC(=O)c1ccc(C(=O)Nc2cc(NC=O)ccc2O)nc1. The van der Waals surface area contributed by atoms with Crippen molar-refractivity contribution in [1.82, 2.24) is 4.98 Å². The lowest BCUT2D eigenvalue weighted by molar-refractivity contribution is -0.105. The molecule has 0 aliphatic rings. The van der Waals surface area contributed by atoms with Crippen LogP contribution in [-0.4, -0.2) is 28.3 Å². The first-order valence-corrected chi connectivity index (χ1v) is 6.11. The molecule has 0 saturated heterocycles. The number of hydrogen-bond acceptors (Lipinski definition) is 5. The van der Waals surface area contributed by atoms with Gasteiger partial charge in [0.1, 0.15) is 11.4 Å². The molecule has 0 atom stereocenters. The fourth-order valence-electron chi connectivity index (χ4n) is 1.65. The summed E-state index contributed by atoms with van der Waals surface area (Å²) >= 11 is 0. The zero-order valence-corrected chi connectivity index (χ0v) is 11.2. The van der Waals surface area contributed by atoms with E-state index in [1.807, 2.05) is 0 Å². The van der Waals surface area contributed by atoms with Crippen LogP contribution in [0.25, 0.3) is 0 Å². The molecule has 0 fully saturated rings. The number of nitrogens with one attached hydrogen (secondary N) is 2. The number of amides is 3. The van der Waals surface area contributed by atoms with Gasteiger partial charge in [-0.15, -0.1) is 0 Å². The van der Waals surface area contributed by atoms with Gasteiger partial charge < -0.3 is 21.5 Å². The summed E-state index contributed by atoms with van der Waals surface area (Å²) in [5, 5.41) is 14.6. The summed E-state index contributed by atoms with van der Waals surface area (Å²) in [6.45, 7) is 0. The minimum atomic E-state index is -0.648. The Morgan fingerprint density at radius 3 is 2.59 bits per heavy atom. The number of pyridine rings is 1. The molecule has 0 radical (unpaired) electrons. The Hall–Kier alpha value is -3.42. The largest absolute Gasteiger partial charge is 0.506 e. The van der Waals surface area contributed by atoms with E-state index in [4.69, 9.17) is 5.73 Å². The van der Waals surface area contributed by atoms with Gasteiger partial charge in [-0.05, 0) is 30.3 Å². The fraction of sp³-hybridized carbons (Fsp3) is 0. The Balaban J connectivity index is 2.19. The lowest BCUT2D eigenvalue weighted by atomic mass is 10.2. The molecule has 0 aliphatic carbocycles. The predicted octanol–water partition coefficient (Wildman–Crippen LogP) is 0.707. The second-order valence-corrected chi connectivity index (χ2v) is 4.24. The number of benzene rings is 1. The quantitative estimate of drug-likeness (QED) is 0.366. The van der Waals surface area contributed by atoms with Gasteiger partial charge in [-0.3, -0.25) is 19.4 Å². The van der Waals surface area contributed by atoms with E-state index in [9.17, 15) is 19.5 Å². The molecule has 1 heterocycles. The summed E-state index contributed by atoms with van der Waals surface area (Å²) in [5.41, 5.74) is 5.81. The van der Waals surface area contributed by atoms with Gasteiger partial charge in [-0.2, -0.15) is 0 Å². The Morgan fingerprint density at radius 1 is 1.23 bits per heavy atom. The number of aromatic hydroxyl groups is 1. The number of carbonyl (C=O) groups is 3. The van der Waals surface area contributed by atoms with Crippen molar-refractivity contribution < 1.29 is 19.5 Å². The first-order chi connectivity index (χ1) is 10.5. The molecule has 1 aromatic carbocycles. The van der Waals surface area contributed by atoms with Crippen LogP contribution in [0.5, 0.6) is 5.75 Å². The first-order valence-electron chi connectivity index (χ1n) is 6.11. The highest BCUT2D eigenvalue weighted by atomic mass is 16.3. The second-order valence-electron chi connectivity index (χ2n) is 4.24. The van der Waals surface area contributed by atoms with Crippen molar-refractivity contribution in [2.75, 3.05) is 10.6 Å². The highest BCUT2D eigenvalue weighted by molar-refractivity contribution is 6.04. The molecular formula is C14H12N4O4. The molecular weight excluding hydrogens is 288 g/mol. The van der Waals surface area contributed by atoms with Crippen LogP contribution in [0.2, 0.25) is 0 Å². The fourth-order valence-corrected chi connectivity index (χ4v) is 1.65. The van der Waals surface area contributed by atoms with E-state index < -0.39 is 11.8 Å². The van der Waals surface area contributed by atoms with Crippen molar-refractivity contribution in [3.8, 4) is 5.75 Å². The number of anilines is 2. The Kier molecular flexibility index (Phi) is 4.33. The predicted molar refractivity (Wildman–Crippen MR) is 78.5 cm³/mol. The molecule has 3 amide bonds. The topological polar surface area (TPSA) is 134 Å². The average Bonchev–Trinajstić information content (AvgIpc) is 2.51. The van der Waals surface area contributed by atoms with Gasteiger partial charge in [0.05, 0.1) is 11.3 Å². The number of phenols is 1. The summed E-state index contributed by atoms with van der Waals surface area (Å²) in [4.78, 5) is 37.2. The van der Waals surface area contributed by atoms with Crippen molar-refractivity contribution in [2.45, 2.75) is 0 Å². The third-order valence-corrected chi connectivity index (χ3v) is 2.75. The van der Waals surface area contributed by atoms with Crippen molar-refractivity contribution >= 4 is 29.6 Å². The molecule has 8 heteroatoms. The Labute approximate surface area is 125 Å². The lowest BCUT2D eigenvalue weighted by Gasteiger charge is -2.09. The van der Waals surface area contributed by atoms with Gasteiger partial charge in [-0.25, -0.2) is 0 Å². The average molecular weight is 300 g/mol. The number of nitrogens with zero attached hydrogens (tertiary/aromatic N) is 1. The molecule has 0 saturated carbocycles. The smallest absolute Gasteiger partial charge is 0.274 e. The molecule has 1 aromatic heterocycles. The normalized spacial score (nSPS) is 9.82. The highest BCUT2D eigenvalue weighted by Gasteiger charge is 2.12. The van der Waals surface area contributed by atoms with E-state index in [2.05, 4.69) is 15.6 Å². The Morgan fingerprint density at radius 2 is 2.00 bits per heavy atom. The number of nitrogens with two attached hydrogens (primary N) is 1. The van der Waals surface area contributed by atoms with Gasteiger partial charge >= 0.3 is 0 Å². The minimum absolute atomic E-state index is 0.0400. The van der Waals surface area contributed by atoms with Crippen molar-refractivity contribution in [2.24, 2.45) is 5.73 Å². The van der Waals surface area contributed by atoms with Crippen LogP contribution in [0.3, 0.4) is 0 Å². The highest BCUT2D eigenvalue weighted by Crippen LogP contribution is 2.26. The number of hydrogen-bond donors (Lipinski definition) is 4. The number of rotatable bonds is 5. The van der Waals surface area contributed by atoms with Crippen LogP contribution in [0, 0.1) is 0 Å². The van der Waals surface area contributed by atoms with Crippen LogP contribution in [-0.2, 0) is 4.79 Å². The number of phenolic OH excluding ortho intramolecular Hbond substituents is 1. The Bertz CT molecular complexity index is 728. The molecule has 0 unspecified atom stereocenters. The molecule has 0 spiro atoms.